The summed E-state index contributed by atoms with van der Waals surface area (Å²) in [5.74, 6) is -0.529. The summed E-state index contributed by atoms with van der Waals surface area (Å²) in [5.41, 5.74) is 1.05. The van der Waals surface area contributed by atoms with Gasteiger partial charge in [0.25, 0.3) is 0 Å². The van der Waals surface area contributed by atoms with E-state index >= 15 is 0 Å². The molecule has 0 aliphatic carbocycles. The van der Waals surface area contributed by atoms with Crippen molar-refractivity contribution in [2.75, 3.05) is 32.0 Å². The van der Waals surface area contributed by atoms with Crippen LogP contribution in [0.3, 0.4) is 0 Å². The standard InChI is InChI=1S/C15H22N4O2S/c1-10-4-3-6-19(8-10)14(21)13(20)17-15-16-11-5-7-18(2)9-12(11)22-15/h10H,3-9H2,1-2H3,(H,16,17,20). The number of amides is 2. The fraction of sp³-hybridized carbons (Fsp3) is 0.667. The lowest BCUT2D eigenvalue weighted by atomic mass is 10.0. The molecule has 2 aliphatic heterocycles. The van der Waals surface area contributed by atoms with E-state index in [4.69, 9.17) is 0 Å². The third-order valence-corrected chi connectivity index (χ3v) is 5.28. The van der Waals surface area contributed by atoms with Gasteiger partial charge >= 0.3 is 11.8 Å². The molecule has 2 aliphatic rings. The molecule has 6 nitrogen and oxygen atoms in total. The van der Waals surface area contributed by atoms with Gasteiger partial charge in [-0.15, -0.1) is 11.3 Å². The first kappa shape index (κ1) is 15.4. The third kappa shape index (κ3) is 3.30. The van der Waals surface area contributed by atoms with Crippen LogP contribution in [0.5, 0.6) is 0 Å². The smallest absolute Gasteiger partial charge is 0.315 e. The number of likely N-dealkylation sites (tertiary alicyclic amines) is 1. The molecule has 1 unspecified atom stereocenters. The van der Waals surface area contributed by atoms with Gasteiger partial charge in [-0.05, 0) is 25.8 Å². The predicted molar refractivity (Wildman–Crippen MR) is 85.8 cm³/mol. The number of aromatic nitrogens is 1. The molecule has 1 atom stereocenters. The van der Waals surface area contributed by atoms with Crippen LogP contribution < -0.4 is 5.32 Å². The number of piperidine rings is 1. The number of nitrogens with zero attached hydrogens (tertiary/aromatic N) is 3. The molecule has 22 heavy (non-hydrogen) atoms. The predicted octanol–water partition coefficient (Wildman–Crippen LogP) is 1.33. The van der Waals surface area contributed by atoms with E-state index in [1.54, 1.807) is 4.90 Å². The Labute approximate surface area is 134 Å². The zero-order chi connectivity index (χ0) is 15.7. The van der Waals surface area contributed by atoms with Crippen molar-refractivity contribution in [2.24, 2.45) is 5.92 Å². The Morgan fingerprint density at radius 1 is 1.36 bits per heavy atom. The maximum atomic E-state index is 12.2. The number of fused-ring (bicyclic) bond motifs is 1. The van der Waals surface area contributed by atoms with Crippen molar-refractivity contribution in [3.8, 4) is 0 Å². The molecular weight excluding hydrogens is 300 g/mol. The fourth-order valence-electron chi connectivity index (χ4n) is 3.04. The quantitative estimate of drug-likeness (QED) is 0.792. The van der Waals surface area contributed by atoms with Crippen molar-refractivity contribution in [1.82, 2.24) is 14.8 Å². The molecule has 1 aromatic rings. The average Bonchev–Trinajstić information content (AvgIpc) is 2.87. The molecule has 0 aromatic carbocycles. The highest BCUT2D eigenvalue weighted by molar-refractivity contribution is 7.16. The van der Waals surface area contributed by atoms with Crippen LogP contribution in [0.1, 0.15) is 30.3 Å². The van der Waals surface area contributed by atoms with Crippen LogP contribution in [-0.2, 0) is 22.6 Å². The lowest BCUT2D eigenvalue weighted by Gasteiger charge is -2.30. The third-order valence-electron chi connectivity index (χ3n) is 4.28. The number of carbonyl (C=O) groups is 2. The maximum absolute atomic E-state index is 12.2. The summed E-state index contributed by atoms with van der Waals surface area (Å²) in [4.78, 5) is 33.9. The van der Waals surface area contributed by atoms with Crippen LogP contribution in [0.4, 0.5) is 5.13 Å². The highest BCUT2D eigenvalue weighted by Crippen LogP contribution is 2.27. The molecule has 1 N–H and O–H groups in total. The number of nitrogens with one attached hydrogen (secondary N) is 1. The van der Waals surface area contributed by atoms with E-state index in [1.807, 2.05) is 0 Å². The second-order valence-electron chi connectivity index (χ2n) is 6.33. The Kier molecular flexibility index (Phi) is 4.44. The summed E-state index contributed by atoms with van der Waals surface area (Å²) in [6.45, 7) is 5.30. The zero-order valence-electron chi connectivity index (χ0n) is 13.1. The Bertz CT molecular complexity index is 586. The summed E-state index contributed by atoms with van der Waals surface area (Å²) < 4.78 is 0. The van der Waals surface area contributed by atoms with E-state index in [0.717, 1.165) is 38.0 Å². The molecule has 1 fully saturated rings. The molecule has 0 radical (unpaired) electrons. The molecule has 7 heteroatoms. The molecule has 1 saturated heterocycles. The molecular formula is C15H22N4O2S. The van der Waals surface area contributed by atoms with Crippen molar-refractivity contribution >= 4 is 28.3 Å². The summed E-state index contributed by atoms with van der Waals surface area (Å²) in [6, 6.07) is 0. The normalized spacial score (nSPS) is 22.3. The van der Waals surface area contributed by atoms with Crippen LogP contribution in [0.15, 0.2) is 0 Å². The van der Waals surface area contributed by atoms with Gasteiger partial charge in [-0.3, -0.25) is 14.9 Å². The van der Waals surface area contributed by atoms with Crippen LogP contribution >= 0.6 is 11.3 Å². The molecule has 0 bridgehead atoms. The van der Waals surface area contributed by atoms with Gasteiger partial charge in [-0.2, -0.15) is 0 Å². The minimum absolute atomic E-state index is 0.433. The van der Waals surface area contributed by atoms with E-state index in [0.29, 0.717) is 24.1 Å². The zero-order valence-corrected chi connectivity index (χ0v) is 13.9. The van der Waals surface area contributed by atoms with E-state index in [9.17, 15) is 9.59 Å². The number of thiazole rings is 1. The van der Waals surface area contributed by atoms with Gasteiger partial charge in [0.1, 0.15) is 0 Å². The molecule has 1 aromatic heterocycles. The van der Waals surface area contributed by atoms with Gasteiger partial charge in [0.05, 0.1) is 5.69 Å². The highest BCUT2D eigenvalue weighted by atomic mass is 32.1. The Balaban J connectivity index is 1.63. The van der Waals surface area contributed by atoms with Crippen molar-refractivity contribution in [2.45, 2.75) is 32.7 Å². The lowest BCUT2D eigenvalue weighted by molar-refractivity contribution is -0.144. The number of anilines is 1. The summed E-state index contributed by atoms with van der Waals surface area (Å²) >= 11 is 1.48. The average molecular weight is 322 g/mol. The van der Waals surface area contributed by atoms with Crippen molar-refractivity contribution in [3.63, 3.8) is 0 Å². The number of carbonyl (C=O) groups excluding carboxylic acids is 2. The minimum atomic E-state index is -0.562. The number of hydrogen-bond donors (Lipinski definition) is 1. The molecule has 2 amide bonds. The van der Waals surface area contributed by atoms with Crippen molar-refractivity contribution in [3.05, 3.63) is 10.6 Å². The highest BCUT2D eigenvalue weighted by Gasteiger charge is 2.27. The number of hydrogen-bond acceptors (Lipinski definition) is 5. The summed E-state index contributed by atoms with van der Waals surface area (Å²) in [5, 5.41) is 3.23. The SMILES string of the molecule is CC1CCCN(C(=O)C(=O)Nc2nc3c(s2)CN(C)CC3)C1. The maximum Gasteiger partial charge on any atom is 0.315 e. The molecule has 3 heterocycles. The van der Waals surface area contributed by atoms with Crippen molar-refractivity contribution < 1.29 is 9.59 Å². The lowest BCUT2D eigenvalue weighted by Crippen LogP contribution is -2.44. The van der Waals surface area contributed by atoms with Gasteiger partial charge in [0, 0.05) is 37.5 Å². The monoisotopic (exact) mass is 322 g/mol. The Morgan fingerprint density at radius 2 is 2.18 bits per heavy atom. The molecule has 3 rings (SSSR count). The van der Waals surface area contributed by atoms with Crippen LogP contribution in [0.2, 0.25) is 0 Å². The Hall–Kier alpha value is -1.47. The second-order valence-corrected chi connectivity index (χ2v) is 7.41. The fourth-order valence-corrected chi connectivity index (χ4v) is 4.13. The number of rotatable bonds is 1. The van der Waals surface area contributed by atoms with Crippen molar-refractivity contribution in [1.29, 1.82) is 0 Å². The molecule has 0 spiro atoms. The molecule has 0 saturated carbocycles. The largest absolute Gasteiger partial charge is 0.334 e. The van der Waals surface area contributed by atoms with Gasteiger partial charge in [0.2, 0.25) is 0 Å². The topological polar surface area (TPSA) is 65.5 Å². The minimum Gasteiger partial charge on any atom is -0.334 e. The second kappa shape index (κ2) is 6.34. The first-order valence-corrected chi connectivity index (χ1v) is 8.62. The van der Waals surface area contributed by atoms with Gasteiger partial charge < -0.3 is 9.80 Å². The first-order valence-electron chi connectivity index (χ1n) is 7.80. The van der Waals surface area contributed by atoms with Gasteiger partial charge in [-0.25, -0.2) is 4.98 Å². The van der Waals surface area contributed by atoms with Crippen LogP contribution in [0, 0.1) is 5.92 Å². The Morgan fingerprint density at radius 3 is 2.95 bits per heavy atom. The molecule has 120 valence electrons. The van der Waals surface area contributed by atoms with Gasteiger partial charge in [-0.1, -0.05) is 6.92 Å². The van der Waals surface area contributed by atoms with E-state index < -0.39 is 11.8 Å². The summed E-state index contributed by atoms with van der Waals surface area (Å²) in [6.07, 6.45) is 2.99. The first-order chi connectivity index (χ1) is 10.5. The summed E-state index contributed by atoms with van der Waals surface area (Å²) in [7, 11) is 2.07. The van der Waals surface area contributed by atoms with Crippen LogP contribution in [-0.4, -0.2) is 53.3 Å². The van der Waals surface area contributed by atoms with Gasteiger partial charge in [0.15, 0.2) is 5.13 Å². The van der Waals surface area contributed by atoms with E-state index in [2.05, 4.69) is 29.2 Å². The van der Waals surface area contributed by atoms with E-state index in [1.165, 1.54) is 16.2 Å². The number of likely N-dealkylation sites (N-methyl/N-ethyl adjacent to an activating group) is 1. The van der Waals surface area contributed by atoms with Crippen LogP contribution in [0.25, 0.3) is 0 Å². The van der Waals surface area contributed by atoms with E-state index in [-0.39, 0.29) is 0 Å².